The zero-order chi connectivity index (χ0) is 46.2. The molecule has 0 rings (SSSR count). The minimum atomic E-state index is -4.53. The highest BCUT2D eigenvalue weighted by molar-refractivity contribution is 7.45. The zero-order valence-electron chi connectivity index (χ0n) is 41.8. The van der Waals surface area contributed by atoms with E-state index in [4.69, 9.17) is 18.5 Å². The molecule has 0 aliphatic rings. The maximum atomic E-state index is 12.8. The summed E-state index contributed by atoms with van der Waals surface area (Å²) in [5.74, 6) is -0.343. The van der Waals surface area contributed by atoms with Crippen molar-refractivity contribution >= 4 is 13.8 Å². The third-order valence-electron chi connectivity index (χ3n) is 11.1. The molecule has 63 heavy (non-hydrogen) atoms. The van der Waals surface area contributed by atoms with E-state index in [1.54, 1.807) is 0 Å². The second kappa shape index (κ2) is 46.7. The minimum absolute atomic E-state index is 0.0227. The number of quaternary nitrogens is 1. The lowest BCUT2D eigenvalue weighted by molar-refractivity contribution is -0.870. The largest absolute Gasteiger partial charge is 0.756 e. The Kier molecular flexibility index (Phi) is 45.4. The number of nitrogens with zero attached hydrogens (tertiary/aromatic N) is 1. The number of hydrogen-bond donors (Lipinski definition) is 0. The van der Waals surface area contributed by atoms with Crippen LogP contribution in [0.1, 0.15) is 219 Å². The third-order valence-corrected chi connectivity index (χ3v) is 12.0. The molecule has 2 atom stereocenters. The maximum absolute atomic E-state index is 12.8. The van der Waals surface area contributed by atoms with Gasteiger partial charge in [0, 0.05) is 13.0 Å². The van der Waals surface area contributed by atoms with E-state index in [0.717, 1.165) is 77.0 Å². The van der Waals surface area contributed by atoms with Gasteiger partial charge in [-0.2, -0.15) is 0 Å². The highest BCUT2D eigenvalue weighted by Crippen LogP contribution is 2.38. The number of allylic oxidation sites excluding steroid dienone is 10. The molecule has 0 aliphatic heterocycles. The van der Waals surface area contributed by atoms with Crippen LogP contribution in [0.15, 0.2) is 60.8 Å². The average molecular weight is 906 g/mol. The number of ether oxygens (including phenoxy) is 2. The normalized spacial score (nSPS) is 14.1. The Morgan fingerprint density at radius 3 is 1.38 bits per heavy atom. The predicted molar refractivity (Wildman–Crippen MR) is 268 cm³/mol. The van der Waals surface area contributed by atoms with Crippen LogP contribution in [0.5, 0.6) is 0 Å². The molecule has 0 spiro atoms. The predicted octanol–water partition coefficient (Wildman–Crippen LogP) is 15.4. The number of rotatable bonds is 48. The molecule has 0 aromatic rings. The minimum Gasteiger partial charge on any atom is -0.756 e. The number of carbonyl (C=O) groups is 1. The first-order valence-corrected chi connectivity index (χ1v) is 27.5. The van der Waals surface area contributed by atoms with E-state index in [-0.39, 0.29) is 25.8 Å². The van der Waals surface area contributed by atoms with Crippen molar-refractivity contribution in [3.8, 4) is 0 Å². The van der Waals surface area contributed by atoms with Gasteiger partial charge in [0.25, 0.3) is 7.82 Å². The van der Waals surface area contributed by atoms with Crippen LogP contribution in [-0.4, -0.2) is 70.7 Å². The lowest BCUT2D eigenvalue weighted by Gasteiger charge is -2.28. The van der Waals surface area contributed by atoms with Crippen LogP contribution in [0.2, 0.25) is 0 Å². The summed E-state index contributed by atoms with van der Waals surface area (Å²) in [6.45, 7) is 5.31. The van der Waals surface area contributed by atoms with Gasteiger partial charge in [-0.15, -0.1) is 0 Å². The molecule has 0 saturated carbocycles. The van der Waals surface area contributed by atoms with Crippen molar-refractivity contribution in [3.63, 3.8) is 0 Å². The molecule has 0 fully saturated rings. The van der Waals surface area contributed by atoms with Gasteiger partial charge in [0.2, 0.25) is 0 Å². The molecule has 2 unspecified atom stereocenters. The summed E-state index contributed by atoms with van der Waals surface area (Å²) >= 11 is 0. The number of unbranched alkanes of at least 4 members (excludes halogenated alkanes) is 24. The van der Waals surface area contributed by atoms with Gasteiger partial charge in [-0.05, 0) is 57.8 Å². The number of phosphoric ester groups is 1. The molecule has 0 aromatic carbocycles. The third kappa shape index (κ3) is 51.1. The van der Waals surface area contributed by atoms with Gasteiger partial charge in [-0.3, -0.25) is 9.36 Å². The van der Waals surface area contributed by atoms with Crippen molar-refractivity contribution in [1.29, 1.82) is 0 Å². The van der Waals surface area contributed by atoms with E-state index in [2.05, 4.69) is 74.6 Å². The fraction of sp³-hybridized carbons (Fsp3) is 0.796. The van der Waals surface area contributed by atoms with Gasteiger partial charge in [0.05, 0.1) is 34.4 Å². The molecule has 0 amide bonds. The van der Waals surface area contributed by atoms with E-state index < -0.39 is 13.9 Å². The van der Waals surface area contributed by atoms with Gasteiger partial charge in [-0.25, -0.2) is 0 Å². The van der Waals surface area contributed by atoms with E-state index in [0.29, 0.717) is 24.1 Å². The summed E-state index contributed by atoms with van der Waals surface area (Å²) in [4.78, 5) is 25.2. The Morgan fingerprint density at radius 2 is 0.921 bits per heavy atom. The first-order chi connectivity index (χ1) is 30.6. The first-order valence-electron chi connectivity index (χ1n) is 26.0. The molecule has 8 nitrogen and oxygen atoms in total. The van der Waals surface area contributed by atoms with Crippen LogP contribution in [0.25, 0.3) is 0 Å². The molecule has 0 saturated heterocycles. The highest BCUT2D eigenvalue weighted by atomic mass is 31.2. The standard InChI is InChI=1S/C54H100NO7P/c1-6-8-10-12-14-16-18-20-22-24-26-27-28-29-30-31-33-35-37-39-41-43-45-47-54(56)62-53(52-61-63(57,58)60-50-48-55(3,4)5)51-59-49-46-44-42-40-38-36-34-32-25-23-21-19-17-15-13-11-9-7-2/h8,10,14,16,20,22,26-27,29-30,53H,6-7,9,11-13,15,17-19,21,23-25,28,31-52H2,1-5H3/b10-8-,16-14-,22-20-,27-26-,30-29-. The summed E-state index contributed by atoms with van der Waals surface area (Å²) in [6, 6.07) is 0. The highest BCUT2D eigenvalue weighted by Gasteiger charge is 2.20. The van der Waals surface area contributed by atoms with Crippen LogP contribution in [0, 0.1) is 0 Å². The summed E-state index contributed by atoms with van der Waals surface area (Å²) < 4.78 is 34.8. The Hall–Kier alpha value is -1.80. The van der Waals surface area contributed by atoms with Crippen molar-refractivity contribution in [2.45, 2.75) is 225 Å². The van der Waals surface area contributed by atoms with Crippen LogP contribution >= 0.6 is 7.82 Å². The van der Waals surface area contributed by atoms with Gasteiger partial charge >= 0.3 is 5.97 Å². The van der Waals surface area contributed by atoms with Gasteiger partial charge < -0.3 is 27.9 Å². The molecular weight excluding hydrogens is 806 g/mol. The van der Waals surface area contributed by atoms with E-state index in [9.17, 15) is 14.3 Å². The molecule has 9 heteroatoms. The first kappa shape index (κ1) is 61.2. The molecule has 368 valence electrons. The van der Waals surface area contributed by atoms with E-state index in [1.807, 2.05) is 21.1 Å². The topological polar surface area (TPSA) is 94.1 Å². The fourth-order valence-corrected chi connectivity index (χ4v) is 7.83. The number of likely N-dealkylation sites (N-methyl/N-ethyl adjacent to an activating group) is 1. The van der Waals surface area contributed by atoms with Crippen molar-refractivity contribution < 1.29 is 37.3 Å². The van der Waals surface area contributed by atoms with Crippen molar-refractivity contribution in [2.75, 3.05) is 54.1 Å². The Bertz CT molecular complexity index is 1190. The van der Waals surface area contributed by atoms with E-state index in [1.165, 1.54) is 122 Å². The van der Waals surface area contributed by atoms with Crippen LogP contribution in [0.3, 0.4) is 0 Å². The SMILES string of the molecule is CC/C=C\C/C=C\C/C=C\C/C=C\C/C=C\CCCCCCCCCC(=O)OC(COCCCCCCCCCCCCCCCCCCCC)COP(=O)([O-])OCC[N+](C)(C)C. The number of hydrogen-bond acceptors (Lipinski definition) is 7. The lowest BCUT2D eigenvalue weighted by atomic mass is 10.0. The number of esters is 1. The second-order valence-electron chi connectivity index (χ2n) is 18.5. The van der Waals surface area contributed by atoms with Gasteiger partial charge in [0.15, 0.2) is 0 Å². The maximum Gasteiger partial charge on any atom is 0.306 e. The van der Waals surface area contributed by atoms with Crippen LogP contribution in [-0.2, 0) is 27.9 Å². The average Bonchev–Trinajstić information content (AvgIpc) is 3.24. The number of phosphoric acid groups is 1. The molecule has 0 aromatic heterocycles. The molecule has 0 N–H and O–H groups in total. The van der Waals surface area contributed by atoms with E-state index >= 15 is 0 Å². The summed E-state index contributed by atoms with van der Waals surface area (Å²) in [6.07, 6.45) is 59.5. The smallest absolute Gasteiger partial charge is 0.306 e. The van der Waals surface area contributed by atoms with Crippen molar-refractivity contribution in [1.82, 2.24) is 0 Å². The Balaban J connectivity index is 4.16. The Labute approximate surface area is 390 Å². The molecular formula is C54H100NO7P. The second-order valence-corrected chi connectivity index (χ2v) is 19.9. The molecule has 0 aliphatic carbocycles. The molecule has 0 heterocycles. The zero-order valence-corrected chi connectivity index (χ0v) is 42.7. The quantitative estimate of drug-likeness (QED) is 0.0197. The summed E-state index contributed by atoms with van der Waals surface area (Å²) in [5, 5.41) is 0. The van der Waals surface area contributed by atoms with Gasteiger partial charge in [0.1, 0.15) is 19.3 Å². The Morgan fingerprint density at radius 1 is 0.508 bits per heavy atom. The molecule has 0 bridgehead atoms. The van der Waals surface area contributed by atoms with Crippen LogP contribution in [0.4, 0.5) is 0 Å². The monoisotopic (exact) mass is 906 g/mol. The van der Waals surface area contributed by atoms with Crippen LogP contribution < -0.4 is 4.89 Å². The number of carbonyl (C=O) groups excluding carboxylic acids is 1. The molecule has 0 radical (unpaired) electrons. The fourth-order valence-electron chi connectivity index (χ4n) is 7.10. The summed E-state index contributed by atoms with van der Waals surface area (Å²) in [5.41, 5.74) is 0. The van der Waals surface area contributed by atoms with Crippen molar-refractivity contribution in [3.05, 3.63) is 60.8 Å². The lowest BCUT2D eigenvalue weighted by Crippen LogP contribution is -2.37. The van der Waals surface area contributed by atoms with Crippen molar-refractivity contribution in [2.24, 2.45) is 0 Å². The van der Waals surface area contributed by atoms with Gasteiger partial charge in [-0.1, -0.05) is 216 Å². The summed E-state index contributed by atoms with van der Waals surface area (Å²) in [7, 11) is 1.35.